The second-order valence-electron chi connectivity index (χ2n) is 7.77. The quantitative estimate of drug-likeness (QED) is 0.338. The Morgan fingerprint density at radius 2 is 1.88 bits per heavy atom. The zero-order chi connectivity index (χ0) is 23.5. The van der Waals surface area contributed by atoms with Crippen LogP contribution in [0.1, 0.15) is 35.4 Å². The average molecular weight is 483 g/mol. The first kappa shape index (κ1) is 22.8. The number of nitro groups is 1. The number of hydrogen-bond acceptors (Lipinski definition) is 7. The molecule has 0 amide bonds. The summed E-state index contributed by atoms with van der Waals surface area (Å²) in [4.78, 5) is 21.6. The van der Waals surface area contributed by atoms with Gasteiger partial charge in [0, 0.05) is 28.8 Å². The van der Waals surface area contributed by atoms with Crippen LogP contribution in [0.25, 0.3) is 0 Å². The second-order valence-corrected chi connectivity index (χ2v) is 8.62. The summed E-state index contributed by atoms with van der Waals surface area (Å²) in [6.45, 7) is 3.28. The first-order valence-electron chi connectivity index (χ1n) is 10.4. The molecule has 1 aromatic heterocycles. The molecule has 4 rings (SSSR count). The Balaban J connectivity index is 1.70. The van der Waals surface area contributed by atoms with Crippen molar-refractivity contribution in [3.63, 3.8) is 0 Å². The van der Waals surface area contributed by atoms with E-state index in [0.717, 1.165) is 37.1 Å². The topological polar surface area (TPSA) is 108 Å². The third-order valence-corrected chi connectivity index (χ3v) is 6.21. The number of nitrogens with zero attached hydrogens (tertiary/aromatic N) is 5. The van der Waals surface area contributed by atoms with Gasteiger partial charge in [-0.1, -0.05) is 41.4 Å². The standard InChI is InChI=1S/C23H20Cl2N6O2/c1-14-10-17(18(12-26)15-4-6-16(24)7-5-15)19(25)11-20(14)29-22-21(31(32)33)23(28-13-27-22)30-8-2-3-9-30/h4-7,10-11,13,18H,2-3,8-9H2,1H3,(H,27,28,29). The SMILES string of the molecule is Cc1cc(C(C#N)c2ccc(Cl)cc2)c(Cl)cc1Nc1ncnc(N2CCCC2)c1[N+](=O)[O-]. The fraction of sp³-hybridized carbons (Fsp3) is 0.261. The lowest BCUT2D eigenvalue weighted by molar-refractivity contribution is -0.383. The van der Waals surface area contributed by atoms with Crippen molar-refractivity contribution in [3.8, 4) is 6.07 Å². The Labute approximate surface area is 200 Å². The van der Waals surface area contributed by atoms with Crippen LogP contribution >= 0.6 is 23.2 Å². The summed E-state index contributed by atoms with van der Waals surface area (Å²) >= 11 is 12.5. The summed E-state index contributed by atoms with van der Waals surface area (Å²) < 4.78 is 0. The van der Waals surface area contributed by atoms with Gasteiger partial charge in [-0.05, 0) is 54.7 Å². The van der Waals surface area contributed by atoms with Crippen LogP contribution in [-0.4, -0.2) is 28.0 Å². The summed E-state index contributed by atoms with van der Waals surface area (Å²) in [5.41, 5.74) is 2.56. The molecule has 3 aromatic rings. The normalized spacial score (nSPS) is 14.1. The van der Waals surface area contributed by atoms with Crippen LogP contribution in [0.15, 0.2) is 42.7 Å². The van der Waals surface area contributed by atoms with Gasteiger partial charge in [-0.3, -0.25) is 10.1 Å². The largest absolute Gasteiger partial charge is 0.353 e. The van der Waals surface area contributed by atoms with E-state index in [2.05, 4.69) is 21.4 Å². The van der Waals surface area contributed by atoms with Crippen LogP contribution in [0, 0.1) is 28.4 Å². The highest BCUT2D eigenvalue weighted by atomic mass is 35.5. The molecule has 2 heterocycles. The second kappa shape index (κ2) is 9.61. The lowest BCUT2D eigenvalue weighted by Gasteiger charge is -2.18. The minimum atomic E-state index is -0.585. The maximum absolute atomic E-state index is 11.9. The Hall–Kier alpha value is -3.41. The van der Waals surface area contributed by atoms with Crippen molar-refractivity contribution in [2.24, 2.45) is 0 Å². The smallest absolute Gasteiger partial charge is 0.351 e. The number of halogens is 2. The minimum absolute atomic E-state index is 0.0957. The van der Waals surface area contributed by atoms with Crippen molar-refractivity contribution in [2.45, 2.75) is 25.7 Å². The molecule has 0 bridgehead atoms. The Morgan fingerprint density at radius 3 is 2.52 bits per heavy atom. The summed E-state index contributed by atoms with van der Waals surface area (Å²) in [5, 5.41) is 25.7. The molecule has 10 heteroatoms. The van der Waals surface area contributed by atoms with Gasteiger partial charge in [-0.2, -0.15) is 5.26 Å². The number of aromatic nitrogens is 2. The molecular formula is C23H20Cl2N6O2. The van der Waals surface area contributed by atoms with E-state index in [9.17, 15) is 15.4 Å². The molecule has 2 aromatic carbocycles. The number of anilines is 3. The van der Waals surface area contributed by atoms with Crippen LogP contribution in [0.2, 0.25) is 10.0 Å². The Kier molecular flexibility index (Phi) is 6.63. The fourth-order valence-corrected chi connectivity index (χ4v) is 4.35. The molecule has 1 aliphatic heterocycles. The highest BCUT2D eigenvalue weighted by Gasteiger charge is 2.29. The number of hydrogen-bond donors (Lipinski definition) is 1. The number of benzene rings is 2. The van der Waals surface area contributed by atoms with Crippen molar-refractivity contribution in [1.29, 1.82) is 5.26 Å². The highest BCUT2D eigenvalue weighted by molar-refractivity contribution is 6.32. The summed E-state index contributed by atoms with van der Waals surface area (Å²) in [5.74, 6) is -0.182. The summed E-state index contributed by atoms with van der Waals surface area (Å²) in [7, 11) is 0. The van der Waals surface area contributed by atoms with E-state index in [0.29, 0.717) is 27.1 Å². The minimum Gasteiger partial charge on any atom is -0.351 e. The van der Waals surface area contributed by atoms with Crippen LogP contribution < -0.4 is 10.2 Å². The van der Waals surface area contributed by atoms with Gasteiger partial charge in [-0.25, -0.2) is 9.97 Å². The number of nitriles is 1. The van der Waals surface area contributed by atoms with Gasteiger partial charge in [0.2, 0.25) is 11.6 Å². The molecule has 1 atom stereocenters. The Morgan fingerprint density at radius 1 is 1.18 bits per heavy atom. The van der Waals surface area contributed by atoms with E-state index in [1.807, 2.05) is 17.9 Å². The van der Waals surface area contributed by atoms with E-state index in [-0.39, 0.29) is 11.5 Å². The zero-order valence-electron chi connectivity index (χ0n) is 17.8. The number of nitrogens with one attached hydrogen (secondary N) is 1. The van der Waals surface area contributed by atoms with Gasteiger partial charge < -0.3 is 10.2 Å². The van der Waals surface area contributed by atoms with Gasteiger partial charge in [0.1, 0.15) is 6.33 Å². The monoisotopic (exact) mass is 482 g/mol. The van der Waals surface area contributed by atoms with Gasteiger partial charge >= 0.3 is 5.69 Å². The first-order valence-corrected chi connectivity index (χ1v) is 11.1. The molecule has 1 fully saturated rings. The van der Waals surface area contributed by atoms with Crippen molar-refractivity contribution in [3.05, 3.63) is 79.6 Å². The van der Waals surface area contributed by atoms with Crippen molar-refractivity contribution < 1.29 is 4.92 Å². The fourth-order valence-electron chi connectivity index (χ4n) is 3.96. The third kappa shape index (κ3) is 4.70. The average Bonchev–Trinajstić information content (AvgIpc) is 3.33. The molecule has 1 saturated heterocycles. The predicted molar refractivity (Wildman–Crippen MR) is 129 cm³/mol. The van der Waals surface area contributed by atoms with Crippen molar-refractivity contribution in [2.75, 3.05) is 23.3 Å². The maximum atomic E-state index is 11.9. The van der Waals surface area contributed by atoms with Crippen molar-refractivity contribution in [1.82, 2.24) is 9.97 Å². The van der Waals surface area contributed by atoms with Gasteiger partial charge in [0.25, 0.3) is 0 Å². The molecule has 33 heavy (non-hydrogen) atoms. The first-order chi connectivity index (χ1) is 15.9. The van der Waals surface area contributed by atoms with Gasteiger partial charge in [0.15, 0.2) is 0 Å². The summed E-state index contributed by atoms with van der Waals surface area (Å²) in [6.07, 6.45) is 3.25. The zero-order valence-corrected chi connectivity index (χ0v) is 19.3. The number of rotatable bonds is 6. The molecule has 1 aliphatic rings. The molecule has 0 spiro atoms. The van der Waals surface area contributed by atoms with Gasteiger partial charge in [0.05, 0.1) is 16.9 Å². The summed E-state index contributed by atoms with van der Waals surface area (Å²) in [6, 6.07) is 12.8. The van der Waals surface area contributed by atoms with E-state index in [4.69, 9.17) is 23.2 Å². The molecule has 1 N–H and O–H groups in total. The van der Waals surface area contributed by atoms with Crippen molar-refractivity contribution >= 4 is 46.2 Å². The molecule has 0 aliphatic carbocycles. The molecule has 0 saturated carbocycles. The molecule has 8 nitrogen and oxygen atoms in total. The lowest BCUT2D eigenvalue weighted by Crippen LogP contribution is -2.21. The Bertz CT molecular complexity index is 1240. The predicted octanol–water partition coefficient (Wildman–Crippen LogP) is 6.00. The molecule has 1 unspecified atom stereocenters. The van der Waals surface area contributed by atoms with Crippen LogP contribution in [0.4, 0.5) is 23.0 Å². The number of aryl methyl sites for hydroxylation is 1. The third-order valence-electron chi connectivity index (χ3n) is 5.63. The van der Waals surface area contributed by atoms with Crippen LogP contribution in [0.5, 0.6) is 0 Å². The maximum Gasteiger partial charge on any atom is 0.353 e. The molecule has 168 valence electrons. The van der Waals surface area contributed by atoms with Gasteiger partial charge in [-0.15, -0.1) is 0 Å². The van der Waals surface area contributed by atoms with Crippen LogP contribution in [0.3, 0.4) is 0 Å². The molecule has 0 radical (unpaired) electrons. The van der Waals surface area contributed by atoms with E-state index >= 15 is 0 Å². The van der Waals surface area contributed by atoms with E-state index in [1.54, 1.807) is 30.3 Å². The molecular weight excluding hydrogens is 463 g/mol. The van der Waals surface area contributed by atoms with Crippen LogP contribution in [-0.2, 0) is 0 Å². The lowest BCUT2D eigenvalue weighted by atomic mass is 9.91. The van der Waals surface area contributed by atoms with E-state index in [1.165, 1.54) is 6.33 Å². The van der Waals surface area contributed by atoms with E-state index < -0.39 is 10.8 Å². The highest BCUT2D eigenvalue weighted by Crippen LogP contribution is 2.38.